The van der Waals surface area contributed by atoms with Crippen molar-refractivity contribution >= 4 is 17.9 Å². The SMILES string of the molecule is C=C1[C@@H](O)[C@]23C[C@@]1(OC(C)=O)CC[C@H]2[C@@]12CCC(O)[C@@](C)(C(=O)O1)[C@H]2[C@@H]3C(=O)OC. The molecule has 1 aliphatic heterocycles. The van der Waals surface area contributed by atoms with Gasteiger partial charge in [0.25, 0.3) is 0 Å². The van der Waals surface area contributed by atoms with Crippen LogP contribution in [0.5, 0.6) is 0 Å². The van der Waals surface area contributed by atoms with Crippen molar-refractivity contribution in [3.8, 4) is 0 Å². The quantitative estimate of drug-likeness (QED) is 0.384. The maximum absolute atomic E-state index is 13.2. The predicted molar refractivity (Wildman–Crippen MR) is 101 cm³/mol. The molecule has 164 valence electrons. The van der Waals surface area contributed by atoms with Crippen LogP contribution in [0.2, 0.25) is 0 Å². The fourth-order valence-electron chi connectivity index (χ4n) is 8.19. The van der Waals surface area contributed by atoms with Crippen molar-refractivity contribution in [3.05, 3.63) is 12.2 Å². The van der Waals surface area contributed by atoms with Gasteiger partial charge < -0.3 is 24.4 Å². The minimum absolute atomic E-state index is 0.228. The number of aliphatic hydroxyl groups is 2. The number of ether oxygens (including phenoxy) is 3. The van der Waals surface area contributed by atoms with Crippen LogP contribution in [0.3, 0.4) is 0 Å². The molecule has 4 bridgehead atoms. The molecule has 4 aliphatic carbocycles. The molecule has 0 amide bonds. The van der Waals surface area contributed by atoms with Crippen LogP contribution in [0.15, 0.2) is 12.2 Å². The molecule has 2 N–H and O–H groups in total. The molecule has 0 radical (unpaired) electrons. The second-order valence-corrected chi connectivity index (χ2v) is 10.1. The molecule has 1 heterocycles. The fraction of sp³-hybridized carbons (Fsp3) is 0.773. The van der Waals surface area contributed by atoms with Crippen LogP contribution in [0.4, 0.5) is 0 Å². The molecular formula is C22H28O8. The maximum Gasteiger partial charge on any atom is 0.315 e. The highest BCUT2D eigenvalue weighted by Gasteiger charge is 2.86. The molecule has 8 nitrogen and oxygen atoms in total. The van der Waals surface area contributed by atoms with Crippen molar-refractivity contribution in [2.45, 2.75) is 69.4 Å². The molecule has 5 fully saturated rings. The summed E-state index contributed by atoms with van der Waals surface area (Å²) in [4.78, 5) is 38.1. The number of methoxy groups -OCH3 is 1. The number of rotatable bonds is 2. The summed E-state index contributed by atoms with van der Waals surface area (Å²) in [6.07, 6.45) is -0.0960. The number of esters is 3. The average Bonchev–Trinajstić information content (AvgIpc) is 3.11. The highest BCUT2D eigenvalue weighted by atomic mass is 16.6. The van der Waals surface area contributed by atoms with Gasteiger partial charge >= 0.3 is 17.9 Å². The van der Waals surface area contributed by atoms with E-state index in [0.29, 0.717) is 31.3 Å². The van der Waals surface area contributed by atoms with Crippen molar-refractivity contribution in [2.75, 3.05) is 7.11 Å². The Morgan fingerprint density at radius 2 is 1.93 bits per heavy atom. The lowest BCUT2D eigenvalue weighted by Gasteiger charge is -2.46. The Balaban J connectivity index is 1.74. The molecular weight excluding hydrogens is 392 g/mol. The third-order valence-electron chi connectivity index (χ3n) is 9.19. The Hall–Kier alpha value is -1.93. The van der Waals surface area contributed by atoms with E-state index in [4.69, 9.17) is 14.2 Å². The van der Waals surface area contributed by atoms with Gasteiger partial charge in [-0.1, -0.05) is 6.58 Å². The van der Waals surface area contributed by atoms with E-state index in [1.165, 1.54) is 14.0 Å². The summed E-state index contributed by atoms with van der Waals surface area (Å²) in [7, 11) is 1.28. The largest absolute Gasteiger partial charge is 0.469 e. The lowest BCUT2D eigenvalue weighted by molar-refractivity contribution is -0.174. The summed E-state index contributed by atoms with van der Waals surface area (Å²) in [6, 6.07) is 0. The first kappa shape index (κ1) is 20.0. The van der Waals surface area contributed by atoms with E-state index >= 15 is 0 Å². The van der Waals surface area contributed by atoms with E-state index < -0.39 is 64.0 Å². The van der Waals surface area contributed by atoms with Gasteiger partial charge in [-0.15, -0.1) is 0 Å². The third kappa shape index (κ3) is 1.85. The molecule has 9 atom stereocenters. The molecule has 0 aromatic rings. The van der Waals surface area contributed by atoms with Gasteiger partial charge in [0.2, 0.25) is 0 Å². The highest BCUT2D eigenvalue weighted by Crippen LogP contribution is 2.78. The van der Waals surface area contributed by atoms with E-state index in [-0.39, 0.29) is 12.3 Å². The molecule has 1 unspecified atom stereocenters. The lowest BCUT2D eigenvalue weighted by Crippen LogP contribution is -2.53. The van der Waals surface area contributed by atoms with E-state index in [0.717, 1.165) is 0 Å². The summed E-state index contributed by atoms with van der Waals surface area (Å²) in [5, 5.41) is 22.3. The van der Waals surface area contributed by atoms with Gasteiger partial charge in [-0.2, -0.15) is 0 Å². The van der Waals surface area contributed by atoms with E-state index in [1.54, 1.807) is 6.92 Å². The van der Waals surface area contributed by atoms with Crippen molar-refractivity contribution in [2.24, 2.45) is 28.6 Å². The smallest absolute Gasteiger partial charge is 0.315 e. The van der Waals surface area contributed by atoms with Crippen molar-refractivity contribution in [1.29, 1.82) is 0 Å². The van der Waals surface area contributed by atoms with Crippen LogP contribution in [-0.4, -0.2) is 58.6 Å². The molecule has 5 rings (SSSR count). The van der Waals surface area contributed by atoms with Crippen LogP contribution >= 0.6 is 0 Å². The summed E-state index contributed by atoms with van der Waals surface area (Å²) in [6.45, 7) is 7.04. The minimum Gasteiger partial charge on any atom is -0.469 e. The third-order valence-corrected chi connectivity index (χ3v) is 9.19. The Labute approximate surface area is 174 Å². The van der Waals surface area contributed by atoms with Crippen LogP contribution in [-0.2, 0) is 28.6 Å². The predicted octanol–water partition coefficient (Wildman–Crippen LogP) is 0.881. The first-order valence-corrected chi connectivity index (χ1v) is 10.6. The molecule has 30 heavy (non-hydrogen) atoms. The van der Waals surface area contributed by atoms with Gasteiger partial charge in [-0.25, -0.2) is 0 Å². The second kappa shape index (κ2) is 5.65. The van der Waals surface area contributed by atoms with Crippen molar-refractivity contribution in [1.82, 2.24) is 0 Å². The van der Waals surface area contributed by atoms with Gasteiger partial charge in [0.05, 0.1) is 30.7 Å². The highest BCUT2D eigenvalue weighted by molar-refractivity contribution is 5.86. The summed E-state index contributed by atoms with van der Waals surface area (Å²) >= 11 is 0. The minimum atomic E-state index is -1.27. The fourth-order valence-corrected chi connectivity index (χ4v) is 8.19. The van der Waals surface area contributed by atoms with Gasteiger partial charge in [0.1, 0.15) is 11.2 Å². The van der Waals surface area contributed by atoms with E-state index in [2.05, 4.69) is 6.58 Å². The zero-order chi connectivity index (χ0) is 21.9. The molecule has 1 saturated heterocycles. The Kier molecular flexibility index (Phi) is 3.77. The topological polar surface area (TPSA) is 119 Å². The average molecular weight is 420 g/mol. The zero-order valence-electron chi connectivity index (χ0n) is 17.5. The maximum atomic E-state index is 13.2. The van der Waals surface area contributed by atoms with Crippen molar-refractivity contribution in [3.63, 3.8) is 0 Å². The lowest BCUT2D eigenvalue weighted by atomic mass is 9.59. The number of fused-ring (bicyclic) bond motifs is 1. The molecule has 4 saturated carbocycles. The normalized spacial score (nSPS) is 53.0. The standard InChI is InChI=1S/C22H28O8/c1-10-16(25)21-9-20(10,29-11(2)23)7-5-12(21)22-8-6-13(24)19(3,18(27)30-22)15(22)14(21)17(26)28-4/h12-16,24-25H,1,5-9H2,2-4H3/t12-,13?,14-,15-,16-,19-,20+,21-,22-/m1/s1. The van der Waals surface area contributed by atoms with Crippen LogP contribution < -0.4 is 0 Å². The van der Waals surface area contributed by atoms with E-state index in [1.807, 2.05) is 0 Å². The number of aliphatic hydroxyl groups excluding tert-OH is 2. The Morgan fingerprint density at radius 1 is 1.23 bits per heavy atom. The number of hydrogen-bond acceptors (Lipinski definition) is 8. The first-order valence-electron chi connectivity index (χ1n) is 10.6. The molecule has 0 aromatic carbocycles. The number of hydrogen-bond donors (Lipinski definition) is 2. The summed E-state index contributed by atoms with van der Waals surface area (Å²) < 4.78 is 16.9. The number of carbonyl (C=O) groups excluding carboxylic acids is 3. The molecule has 0 aromatic heterocycles. The first-order chi connectivity index (χ1) is 14.0. The monoisotopic (exact) mass is 420 g/mol. The zero-order valence-corrected chi connectivity index (χ0v) is 17.5. The van der Waals surface area contributed by atoms with Crippen LogP contribution in [0.1, 0.15) is 46.0 Å². The summed E-state index contributed by atoms with van der Waals surface area (Å²) in [5.74, 6) is -3.36. The van der Waals surface area contributed by atoms with Gasteiger partial charge in [0, 0.05) is 30.6 Å². The summed E-state index contributed by atoms with van der Waals surface area (Å²) in [5.41, 5.74) is -3.93. The van der Waals surface area contributed by atoms with E-state index in [9.17, 15) is 24.6 Å². The molecule has 8 heteroatoms. The molecule has 5 aliphatic rings. The Bertz CT molecular complexity index is 882. The molecule has 1 spiro atoms. The second-order valence-electron chi connectivity index (χ2n) is 10.1. The van der Waals surface area contributed by atoms with Gasteiger partial charge in [-0.05, 0) is 38.2 Å². The van der Waals surface area contributed by atoms with Crippen LogP contribution in [0.25, 0.3) is 0 Å². The van der Waals surface area contributed by atoms with Crippen molar-refractivity contribution < 1.29 is 38.8 Å². The van der Waals surface area contributed by atoms with Crippen LogP contribution in [0, 0.1) is 28.6 Å². The number of carbonyl (C=O) groups is 3. The Morgan fingerprint density at radius 3 is 2.57 bits per heavy atom. The van der Waals surface area contributed by atoms with Gasteiger partial charge in [-0.3, -0.25) is 14.4 Å². The van der Waals surface area contributed by atoms with Gasteiger partial charge in [0.15, 0.2) is 0 Å².